The molecule has 0 saturated heterocycles. The number of halogens is 1. The van der Waals surface area contributed by atoms with E-state index in [-0.39, 0.29) is 21.4 Å². The third kappa shape index (κ3) is 4.77. The van der Waals surface area contributed by atoms with Gasteiger partial charge in [-0.2, -0.15) is 5.26 Å². The Kier molecular flexibility index (Phi) is 6.14. The smallest absolute Gasteiger partial charge is 0.340 e. The predicted octanol–water partition coefficient (Wildman–Crippen LogP) is 1.56. The van der Waals surface area contributed by atoms with E-state index >= 15 is 0 Å². The second kappa shape index (κ2) is 7.84. The van der Waals surface area contributed by atoms with Gasteiger partial charge in [0.1, 0.15) is 5.54 Å². The summed E-state index contributed by atoms with van der Waals surface area (Å²) in [6.45, 7) is 1.01. The summed E-state index contributed by atoms with van der Waals surface area (Å²) >= 11 is 5.96. The van der Waals surface area contributed by atoms with Crippen LogP contribution in [0.4, 0.5) is 0 Å². The van der Waals surface area contributed by atoms with Crippen LogP contribution in [0, 0.1) is 17.2 Å². The van der Waals surface area contributed by atoms with Crippen LogP contribution < -0.4 is 5.32 Å². The summed E-state index contributed by atoms with van der Waals surface area (Å²) in [6.07, 6.45) is 1.71. The van der Waals surface area contributed by atoms with Gasteiger partial charge in [-0.25, -0.2) is 17.5 Å². The Bertz CT molecular complexity index is 906. The zero-order valence-electron chi connectivity index (χ0n) is 15.2. The number of hydrogen-bond acceptors (Lipinski definition) is 6. The van der Waals surface area contributed by atoms with Crippen LogP contribution in [-0.4, -0.2) is 50.8 Å². The molecule has 0 aromatic heterocycles. The minimum atomic E-state index is -3.76. The normalized spacial score (nSPS) is 16.3. The van der Waals surface area contributed by atoms with E-state index < -0.39 is 34.0 Å². The van der Waals surface area contributed by atoms with Gasteiger partial charge in [-0.15, -0.1) is 0 Å². The maximum absolute atomic E-state index is 12.2. The van der Waals surface area contributed by atoms with E-state index in [1.165, 1.54) is 26.2 Å². The molecule has 0 bridgehead atoms. The highest BCUT2D eigenvalue weighted by molar-refractivity contribution is 7.89. The highest BCUT2D eigenvalue weighted by Crippen LogP contribution is 2.39. The molecule has 146 valence electrons. The molecule has 1 aromatic rings. The van der Waals surface area contributed by atoms with E-state index in [2.05, 4.69) is 11.4 Å². The third-order valence-corrected chi connectivity index (χ3v) is 6.44. The molecule has 0 heterocycles. The first-order valence-corrected chi connectivity index (χ1v) is 9.94. The number of hydrogen-bond donors (Lipinski definition) is 1. The molecule has 10 heteroatoms. The van der Waals surface area contributed by atoms with Crippen LogP contribution in [-0.2, 0) is 19.6 Å². The molecule has 1 aromatic carbocycles. The molecule has 1 aliphatic carbocycles. The lowest BCUT2D eigenvalue weighted by Crippen LogP contribution is -2.48. The number of esters is 1. The molecule has 1 atom stereocenters. The van der Waals surface area contributed by atoms with Gasteiger partial charge in [-0.3, -0.25) is 4.79 Å². The number of rotatable bonds is 7. The maximum Gasteiger partial charge on any atom is 0.340 e. The molecule has 1 N–H and O–H groups in total. The number of sulfonamides is 1. The zero-order valence-corrected chi connectivity index (χ0v) is 16.7. The molecule has 1 aliphatic rings. The van der Waals surface area contributed by atoms with Gasteiger partial charge in [0.15, 0.2) is 6.61 Å². The number of amides is 1. The van der Waals surface area contributed by atoms with Gasteiger partial charge >= 0.3 is 5.97 Å². The molecule has 1 saturated carbocycles. The quantitative estimate of drug-likeness (QED) is 0.678. The molecule has 1 amide bonds. The van der Waals surface area contributed by atoms with Crippen molar-refractivity contribution in [3.8, 4) is 6.07 Å². The fraction of sp³-hybridized carbons (Fsp3) is 0.471. The summed E-state index contributed by atoms with van der Waals surface area (Å²) in [4.78, 5) is 24.1. The van der Waals surface area contributed by atoms with Crippen LogP contribution in [0.2, 0.25) is 5.02 Å². The van der Waals surface area contributed by atoms with Gasteiger partial charge in [-0.1, -0.05) is 11.6 Å². The minimum absolute atomic E-state index is 0.00189. The van der Waals surface area contributed by atoms with E-state index in [0.29, 0.717) is 0 Å². The molecule has 0 aliphatic heterocycles. The largest absolute Gasteiger partial charge is 0.452 e. The second-order valence-corrected chi connectivity index (χ2v) is 9.20. The fourth-order valence-electron chi connectivity index (χ4n) is 2.45. The first kappa shape index (κ1) is 21.2. The first-order chi connectivity index (χ1) is 12.5. The average molecular weight is 414 g/mol. The van der Waals surface area contributed by atoms with Gasteiger partial charge < -0.3 is 10.1 Å². The van der Waals surface area contributed by atoms with Gasteiger partial charge in [0.25, 0.3) is 5.91 Å². The van der Waals surface area contributed by atoms with Crippen molar-refractivity contribution in [1.82, 2.24) is 9.62 Å². The van der Waals surface area contributed by atoms with Crippen molar-refractivity contribution in [2.75, 3.05) is 20.7 Å². The Morgan fingerprint density at radius 2 is 2.04 bits per heavy atom. The number of nitriles is 1. The van der Waals surface area contributed by atoms with Crippen molar-refractivity contribution < 1.29 is 22.7 Å². The van der Waals surface area contributed by atoms with E-state index in [1.807, 2.05) is 0 Å². The third-order valence-electron chi connectivity index (χ3n) is 4.30. The van der Waals surface area contributed by atoms with Crippen molar-refractivity contribution in [3.05, 3.63) is 28.8 Å². The summed E-state index contributed by atoms with van der Waals surface area (Å²) in [7, 11) is -1.04. The molecule has 27 heavy (non-hydrogen) atoms. The fourth-order valence-corrected chi connectivity index (χ4v) is 3.57. The highest BCUT2D eigenvalue weighted by Gasteiger charge is 2.43. The van der Waals surface area contributed by atoms with Crippen molar-refractivity contribution in [1.29, 1.82) is 5.26 Å². The average Bonchev–Trinajstić information content (AvgIpc) is 3.45. The lowest BCUT2D eigenvalue weighted by atomic mass is 9.98. The summed E-state index contributed by atoms with van der Waals surface area (Å²) in [6, 6.07) is 5.71. The van der Waals surface area contributed by atoms with E-state index in [1.54, 1.807) is 6.92 Å². The molecular weight excluding hydrogens is 394 g/mol. The van der Waals surface area contributed by atoms with Crippen LogP contribution in [0.15, 0.2) is 23.1 Å². The lowest BCUT2D eigenvalue weighted by molar-refractivity contribution is -0.125. The van der Waals surface area contributed by atoms with E-state index in [4.69, 9.17) is 16.3 Å². The minimum Gasteiger partial charge on any atom is -0.452 e. The monoisotopic (exact) mass is 413 g/mol. The van der Waals surface area contributed by atoms with Gasteiger partial charge in [-0.05, 0) is 43.9 Å². The summed E-state index contributed by atoms with van der Waals surface area (Å²) in [5.41, 5.74) is -1.17. The Balaban J connectivity index is 2.08. The van der Waals surface area contributed by atoms with Crippen LogP contribution in [0.1, 0.15) is 30.1 Å². The lowest BCUT2D eigenvalue weighted by Gasteiger charge is -2.22. The number of ether oxygens (including phenoxy) is 1. The second-order valence-electron chi connectivity index (χ2n) is 6.64. The Labute approximate surface area is 163 Å². The molecular formula is C17H20ClN3O5S. The number of nitrogens with one attached hydrogen (secondary N) is 1. The van der Waals surface area contributed by atoms with Crippen molar-refractivity contribution in [2.45, 2.75) is 30.2 Å². The summed E-state index contributed by atoms with van der Waals surface area (Å²) in [5.74, 6) is -1.46. The number of nitrogens with zero attached hydrogens (tertiary/aromatic N) is 2. The molecule has 2 rings (SSSR count). The van der Waals surface area contributed by atoms with Crippen molar-refractivity contribution >= 4 is 33.5 Å². The highest BCUT2D eigenvalue weighted by atomic mass is 35.5. The zero-order chi connectivity index (χ0) is 20.4. The molecule has 0 unspecified atom stereocenters. The molecule has 8 nitrogen and oxygen atoms in total. The van der Waals surface area contributed by atoms with Crippen molar-refractivity contribution in [2.24, 2.45) is 5.92 Å². The Hall–Kier alpha value is -2.15. The number of carbonyl (C=O) groups excluding carboxylic acids is 2. The first-order valence-electron chi connectivity index (χ1n) is 8.12. The van der Waals surface area contributed by atoms with Crippen LogP contribution in [0.3, 0.4) is 0 Å². The molecule has 1 fully saturated rings. The standard InChI is InChI=1S/C17H20ClN3O5S/c1-17(10-19,11-4-5-11)20-15(22)9-26-16(23)13-8-12(6-7-14(13)18)27(24,25)21(2)3/h6-8,11H,4-5,9H2,1-3H3,(H,20,22)/t17-/m0/s1. The predicted molar refractivity (Wildman–Crippen MR) is 97.5 cm³/mol. The van der Waals surface area contributed by atoms with Gasteiger partial charge in [0, 0.05) is 14.1 Å². The van der Waals surface area contributed by atoms with E-state index in [0.717, 1.165) is 23.2 Å². The van der Waals surface area contributed by atoms with Crippen molar-refractivity contribution in [3.63, 3.8) is 0 Å². The van der Waals surface area contributed by atoms with Gasteiger partial charge in [0.2, 0.25) is 10.0 Å². The topological polar surface area (TPSA) is 117 Å². The Morgan fingerprint density at radius 3 is 2.56 bits per heavy atom. The van der Waals surface area contributed by atoms with Crippen LogP contribution in [0.25, 0.3) is 0 Å². The maximum atomic E-state index is 12.2. The molecule has 0 spiro atoms. The van der Waals surface area contributed by atoms with Crippen LogP contribution in [0.5, 0.6) is 0 Å². The van der Waals surface area contributed by atoms with Crippen LogP contribution >= 0.6 is 11.6 Å². The molecule has 0 radical (unpaired) electrons. The summed E-state index contributed by atoms with van der Waals surface area (Å²) in [5, 5.41) is 11.8. The Morgan fingerprint density at radius 1 is 1.41 bits per heavy atom. The summed E-state index contributed by atoms with van der Waals surface area (Å²) < 4.78 is 30.3. The van der Waals surface area contributed by atoms with E-state index in [9.17, 15) is 23.3 Å². The SMILES string of the molecule is CN(C)S(=O)(=O)c1ccc(Cl)c(C(=O)OCC(=O)N[C@@](C)(C#N)C2CC2)c1. The number of carbonyl (C=O) groups is 2. The van der Waals surface area contributed by atoms with Gasteiger partial charge in [0.05, 0.1) is 21.6 Å². The number of benzene rings is 1.